The van der Waals surface area contributed by atoms with Gasteiger partial charge in [0.2, 0.25) is 0 Å². The summed E-state index contributed by atoms with van der Waals surface area (Å²) in [7, 11) is 0. The predicted octanol–water partition coefficient (Wildman–Crippen LogP) is 2.80. The van der Waals surface area contributed by atoms with Gasteiger partial charge < -0.3 is 5.11 Å². The summed E-state index contributed by atoms with van der Waals surface area (Å²) in [5.41, 5.74) is 0.594. The molecule has 2 nitrogen and oxygen atoms in total. The average Bonchev–Trinajstić information content (AvgIpc) is 2.26. The van der Waals surface area contributed by atoms with E-state index in [1.54, 1.807) is 0 Å². The van der Waals surface area contributed by atoms with Crippen molar-refractivity contribution in [3.05, 3.63) is 35.6 Å². The Bertz CT molecular complexity index is 342. The number of aliphatic hydroxyl groups excluding tert-OH is 1. The largest absolute Gasteiger partial charge is 0.387 e. The maximum absolute atomic E-state index is 12.6. The van der Waals surface area contributed by atoms with Crippen LogP contribution in [-0.4, -0.2) is 5.11 Å². The third-order valence-corrected chi connectivity index (χ3v) is 2.36. The van der Waals surface area contributed by atoms with Gasteiger partial charge in [0.1, 0.15) is 5.82 Å². The molecule has 1 N–H and O–H groups in total. The van der Waals surface area contributed by atoms with E-state index >= 15 is 0 Å². The van der Waals surface area contributed by atoms with Crippen LogP contribution in [0.1, 0.15) is 31.4 Å². The zero-order valence-electron chi connectivity index (χ0n) is 8.65. The molecule has 0 saturated carbocycles. The van der Waals surface area contributed by atoms with Gasteiger partial charge in [0.25, 0.3) is 0 Å². The van der Waals surface area contributed by atoms with Crippen molar-refractivity contribution in [2.24, 2.45) is 5.92 Å². The zero-order valence-corrected chi connectivity index (χ0v) is 8.65. The minimum Gasteiger partial charge on any atom is -0.387 e. The van der Waals surface area contributed by atoms with Gasteiger partial charge in [0, 0.05) is 0 Å². The van der Waals surface area contributed by atoms with Crippen molar-refractivity contribution >= 4 is 0 Å². The summed E-state index contributed by atoms with van der Waals surface area (Å²) < 4.78 is 12.6. The van der Waals surface area contributed by atoms with E-state index in [0.717, 1.165) is 6.42 Å². The Labute approximate surface area is 89.0 Å². The molecule has 2 unspecified atom stereocenters. The van der Waals surface area contributed by atoms with Crippen molar-refractivity contribution in [2.45, 2.75) is 25.9 Å². The molecule has 0 aliphatic heterocycles. The van der Waals surface area contributed by atoms with Crippen molar-refractivity contribution in [3.8, 4) is 6.07 Å². The summed E-state index contributed by atoms with van der Waals surface area (Å²) in [6.45, 7) is 1.96. The van der Waals surface area contributed by atoms with Gasteiger partial charge in [-0.05, 0) is 24.1 Å². The molecule has 15 heavy (non-hydrogen) atoms. The monoisotopic (exact) mass is 207 g/mol. The van der Waals surface area contributed by atoms with Gasteiger partial charge in [-0.2, -0.15) is 5.26 Å². The first-order valence-corrected chi connectivity index (χ1v) is 5.02. The van der Waals surface area contributed by atoms with Gasteiger partial charge in [0.15, 0.2) is 0 Å². The Morgan fingerprint density at radius 1 is 1.40 bits per heavy atom. The predicted molar refractivity (Wildman–Crippen MR) is 55.4 cm³/mol. The fourth-order valence-electron chi connectivity index (χ4n) is 1.50. The molecule has 0 bridgehead atoms. The van der Waals surface area contributed by atoms with E-state index in [1.807, 2.05) is 6.92 Å². The normalized spacial score (nSPS) is 14.3. The quantitative estimate of drug-likeness (QED) is 0.825. The first kappa shape index (κ1) is 11.7. The van der Waals surface area contributed by atoms with Crippen LogP contribution in [0, 0.1) is 23.1 Å². The van der Waals surface area contributed by atoms with E-state index in [0.29, 0.717) is 12.0 Å². The molecule has 1 aromatic carbocycles. The Morgan fingerprint density at radius 3 is 2.47 bits per heavy atom. The van der Waals surface area contributed by atoms with Gasteiger partial charge in [0.05, 0.1) is 18.1 Å². The number of aliphatic hydroxyl groups is 1. The molecule has 0 aromatic heterocycles. The van der Waals surface area contributed by atoms with E-state index in [-0.39, 0.29) is 5.82 Å². The highest BCUT2D eigenvalue weighted by molar-refractivity contribution is 5.20. The van der Waals surface area contributed by atoms with Crippen molar-refractivity contribution < 1.29 is 9.50 Å². The summed E-state index contributed by atoms with van der Waals surface area (Å²) >= 11 is 0. The number of benzene rings is 1. The molecule has 0 aliphatic carbocycles. The summed E-state index contributed by atoms with van der Waals surface area (Å²) in [6.07, 6.45) is 0.668. The first-order valence-electron chi connectivity index (χ1n) is 5.02. The molecule has 2 atom stereocenters. The van der Waals surface area contributed by atoms with Gasteiger partial charge in [-0.1, -0.05) is 25.5 Å². The zero-order chi connectivity index (χ0) is 11.3. The maximum atomic E-state index is 12.6. The molecule has 0 heterocycles. The second-order valence-corrected chi connectivity index (χ2v) is 3.52. The molecule has 1 aromatic rings. The number of hydrogen-bond donors (Lipinski definition) is 1. The van der Waals surface area contributed by atoms with Crippen LogP contribution in [-0.2, 0) is 0 Å². The smallest absolute Gasteiger partial charge is 0.123 e. The maximum Gasteiger partial charge on any atom is 0.123 e. The lowest BCUT2D eigenvalue weighted by Crippen LogP contribution is -2.10. The molecule has 0 spiro atoms. The van der Waals surface area contributed by atoms with Crippen LogP contribution < -0.4 is 0 Å². The van der Waals surface area contributed by atoms with E-state index in [2.05, 4.69) is 6.07 Å². The fraction of sp³-hybridized carbons (Fsp3) is 0.417. The summed E-state index contributed by atoms with van der Waals surface area (Å²) in [4.78, 5) is 0. The van der Waals surface area contributed by atoms with Crippen molar-refractivity contribution in [2.75, 3.05) is 0 Å². The van der Waals surface area contributed by atoms with Gasteiger partial charge >= 0.3 is 0 Å². The van der Waals surface area contributed by atoms with E-state index < -0.39 is 12.0 Å². The molecule has 3 heteroatoms. The minimum absolute atomic E-state index is 0.338. The topological polar surface area (TPSA) is 44.0 Å². The summed E-state index contributed by atoms with van der Waals surface area (Å²) in [5.74, 6) is -0.754. The van der Waals surface area contributed by atoms with Crippen LogP contribution in [0.25, 0.3) is 0 Å². The standard InChI is InChI=1S/C12H14FNO/c1-2-3-10(8-14)12(15)9-4-6-11(13)7-5-9/h4-7,10,12,15H,2-3H2,1H3. The molecule has 1 rings (SSSR count). The average molecular weight is 207 g/mol. The van der Waals surface area contributed by atoms with E-state index in [4.69, 9.17) is 5.26 Å². The Kier molecular flexibility index (Phi) is 4.26. The number of hydrogen-bond acceptors (Lipinski definition) is 2. The number of nitriles is 1. The van der Waals surface area contributed by atoms with E-state index in [1.165, 1.54) is 24.3 Å². The molecule has 0 amide bonds. The van der Waals surface area contributed by atoms with Crippen LogP contribution in [0.4, 0.5) is 4.39 Å². The fourth-order valence-corrected chi connectivity index (χ4v) is 1.50. The van der Waals surface area contributed by atoms with Crippen molar-refractivity contribution in [3.63, 3.8) is 0 Å². The SMILES string of the molecule is CCCC(C#N)C(O)c1ccc(F)cc1. The van der Waals surface area contributed by atoms with Crippen LogP contribution in [0.5, 0.6) is 0 Å². The van der Waals surface area contributed by atoms with Crippen molar-refractivity contribution in [1.82, 2.24) is 0 Å². The van der Waals surface area contributed by atoms with Crippen LogP contribution in [0.15, 0.2) is 24.3 Å². The molecule has 0 radical (unpaired) electrons. The molecular weight excluding hydrogens is 193 g/mol. The first-order chi connectivity index (χ1) is 7.19. The van der Waals surface area contributed by atoms with Gasteiger partial charge in [-0.15, -0.1) is 0 Å². The Balaban J connectivity index is 2.79. The molecular formula is C12H14FNO. The lowest BCUT2D eigenvalue weighted by Gasteiger charge is -2.15. The Morgan fingerprint density at radius 2 is 2.00 bits per heavy atom. The third-order valence-electron chi connectivity index (χ3n) is 2.36. The summed E-state index contributed by atoms with van der Waals surface area (Å²) in [6, 6.07) is 7.68. The van der Waals surface area contributed by atoms with Crippen LogP contribution in [0.3, 0.4) is 0 Å². The third kappa shape index (κ3) is 3.03. The molecule has 0 fully saturated rings. The Hall–Kier alpha value is -1.40. The highest BCUT2D eigenvalue weighted by atomic mass is 19.1. The summed E-state index contributed by atoms with van der Waals surface area (Å²) in [5, 5.41) is 18.7. The highest BCUT2D eigenvalue weighted by Crippen LogP contribution is 2.25. The highest BCUT2D eigenvalue weighted by Gasteiger charge is 2.19. The number of rotatable bonds is 4. The van der Waals surface area contributed by atoms with Gasteiger partial charge in [-0.25, -0.2) is 4.39 Å². The number of nitrogens with zero attached hydrogens (tertiary/aromatic N) is 1. The molecule has 80 valence electrons. The lowest BCUT2D eigenvalue weighted by molar-refractivity contribution is 0.130. The lowest BCUT2D eigenvalue weighted by atomic mass is 9.93. The van der Waals surface area contributed by atoms with Crippen LogP contribution in [0.2, 0.25) is 0 Å². The minimum atomic E-state index is -0.824. The van der Waals surface area contributed by atoms with Crippen molar-refractivity contribution in [1.29, 1.82) is 5.26 Å². The van der Waals surface area contributed by atoms with Crippen LogP contribution >= 0.6 is 0 Å². The van der Waals surface area contributed by atoms with E-state index in [9.17, 15) is 9.50 Å². The number of halogens is 1. The second-order valence-electron chi connectivity index (χ2n) is 3.52. The second kappa shape index (κ2) is 5.47. The van der Waals surface area contributed by atoms with Gasteiger partial charge in [-0.3, -0.25) is 0 Å². The molecule has 0 aliphatic rings. The molecule has 0 saturated heterocycles.